The highest BCUT2D eigenvalue weighted by Crippen LogP contribution is 2.23. The average Bonchev–Trinajstić information content (AvgIpc) is 3.51. The van der Waals surface area contributed by atoms with Crippen LogP contribution in [0.3, 0.4) is 0 Å². The summed E-state index contributed by atoms with van der Waals surface area (Å²) in [6.45, 7) is 7.75. The zero-order valence-corrected chi connectivity index (χ0v) is 23.3. The van der Waals surface area contributed by atoms with E-state index in [1.54, 1.807) is 27.7 Å². The number of nitrogens with zero attached hydrogens (tertiary/aromatic N) is 1. The van der Waals surface area contributed by atoms with E-state index in [4.69, 9.17) is 9.47 Å². The molecular weight excluding hydrogens is 492 g/mol. The second-order valence-electron chi connectivity index (χ2n) is 11.8. The number of fused-ring (bicyclic) bond motifs is 1. The van der Waals surface area contributed by atoms with Crippen molar-refractivity contribution in [2.75, 3.05) is 13.2 Å². The highest BCUT2D eigenvalue weighted by molar-refractivity contribution is 5.92. The maximum atomic E-state index is 13.7. The molecule has 2 heterocycles. The molecule has 3 fully saturated rings. The molecule has 0 aromatic carbocycles. The molecule has 3 aliphatic rings. The first-order valence-corrected chi connectivity index (χ1v) is 14.2. The maximum absolute atomic E-state index is 13.7. The molecular formula is C27H46N4O7. The quantitative estimate of drug-likeness (QED) is 0.427. The van der Waals surface area contributed by atoms with Crippen LogP contribution in [0, 0.1) is 0 Å². The Morgan fingerprint density at radius 3 is 2.39 bits per heavy atom. The second kappa shape index (κ2) is 13.6. The third-order valence-electron chi connectivity index (χ3n) is 7.19. The normalized spacial score (nSPS) is 29.1. The highest BCUT2D eigenvalue weighted by atomic mass is 16.6. The van der Waals surface area contributed by atoms with Crippen molar-refractivity contribution in [1.82, 2.24) is 20.9 Å². The van der Waals surface area contributed by atoms with Gasteiger partial charge in [-0.05, 0) is 66.2 Å². The summed E-state index contributed by atoms with van der Waals surface area (Å²) < 4.78 is 11.3. The minimum absolute atomic E-state index is 0.0978. The molecule has 1 saturated carbocycles. The van der Waals surface area contributed by atoms with Crippen LogP contribution in [0.2, 0.25) is 0 Å². The van der Waals surface area contributed by atoms with Gasteiger partial charge in [0.05, 0.1) is 12.1 Å². The van der Waals surface area contributed by atoms with Gasteiger partial charge in [-0.25, -0.2) is 4.79 Å². The Hall–Kier alpha value is -2.40. The maximum Gasteiger partial charge on any atom is 0.408 e. The minimum Gasteiger partial charge on any atom is -0.444 e. The lowest BCUT2D eigenvalue weighted by molar-refractivity contribution is -0.144. The third-order valence-corrected chi connectivity index (χ3v) is 7.19. The number of ether oxygens (including phenoxy) is 2. The molecule has 0 aromatic heterocycles. The molecule has 0 radical (unpaired) electrons. The molecule has 0 bridgehead atoms. The van der Waals surface area contributed by atoms with Crippen LogP contribution in [0.25, 0.3) is 0 Å². The topological polar surface area (TPSA) is 146 Å². The van der Waals surface area contributed by atoms with E-state index in [0.717, 1.165) is 44.9 Å². The molecule has 11 nitrogen and oxygen atoms in total. The van der Waals surface area contributed by atoms with E-state index in [2.05, 4.69) is 16.0 Å². The van der Waals surface area contributed by atoms with E-state index in [1.165, 1.54) is 4.90 Å². The lowest BCUT2D eigenvalue weighted by atomic mass is 10.00. The van der Waals surface area contributed by atoms with E-state index in [9.17, 15) is 24.3 Å². The van der Waals surface area contributed by atoms with Gasteiger partial charge in [0.25, 0.3) is 5.91 Å². The number of rotatable bonds is 4. The SMILES string of the molecule is C[C@@H]1OCCCCCCC[C@@H](C(O)C(=O)NC2CC2)NC(=O)[C@@H]2CCCN2C(=O)[C@H]1NC(=O)OC(C)(C)C. The summed E-state index contributed by atoms with van der Waals surface area (Å²) in [5.41, 5.74) is -0.743. The Balaban J connectivity index is 1.78. The van der Waals surface area contributed by atoms with Crippen LogP contribution in [0.4, 0.5) is 4.79 Å². The summed E-state index contributed by atoms with van der Waals surface area (Å²) in [6, 6.07) is -2.45. The Morgan fingerprint density at radius 1 is 1.03 bits per heavy atom. The van der Waals surface area contributed by atoms with Gasteiger partial charge in [0.1, 0.15) is 17.7 Å². The molecule has 0 aromatic rings. The van der Waals surface area contributed by atoms with Crippen molar-refractivity contribution in [2.24, 2.45) is 0 Å². The zero-order valence-electron chi connectivity index (χ0n) is 23.3. The van der Waals surface area contributed by atoms with E-state index in [1.807, 2.05) is 0 Å². The first kappa shape index (κ1) is 30.1. The number of carbonyl (C=O) groups is 4. The summed E-state index contributed by atoms with van der Waals surface area (Å²) in [5.74, 6) is -1.30. The van der Waals surface area contributed by atoms with Gasteiger partial charge in [-0.2, -0.15) is 0 Å². The van der Waals surface area contributed by atoms with Crippen LogP contribution in [-0.2, 0) is 23.9 Å². The molecule has 0 spiro atoms. The molecule has 4 N–H and O–H groups in total. The van der Waals surface area contributed by atoms with Crippen molar-refractivity contribution in [3.05, 3.63) is 0 Å². The molecule has 11 heteroatoms. The van der Waals surface area contributed by atoms with Crippen LogP contribution in [0.1, 0.15) is 91.9 Å². The van der Waals surface area contributed by atoms with Gasteiger partial charge in [0.15, 0.2) is 6.10 Å². The fourth-order valence-corrected chi connectivity index (χ4v) is 4.94. The van der Waals surface area contributed by atoms with Crippen LogP contribution >= 0.6 is 0 Å². The molecule has 5 atom stereocenters. The van der Waals surface area contributed by atoms with E-state index < -0.39 is 59.7 Å². The molecule has 2 saturated heterocycles. The standard InChI is InChI=1S/C27H46N4O7/c1-17-21(30-26(36)38-27(2,3)4)25(35)31-15-10-12-20(31)23(33)29-19(11-8-6-5-7-9-16-37-17)22(32)24(34)28-18-13-14-18/h17-22,32H,5-16H2,1-4H3,(H,28,34)(H,29,33)(H,30,36)/t17-,19-,20-,21-,22?/m0/s1. The van der Waals surface area contributed by atoms with E-state index in [-0.39, 0.29) is 6.04 Å². The zero-order chi connectivity index (χ0) is 27.9. The largest absolute Gasteiger partial charge is 0.444 e. The van der Waals surface area contributed by atoms with Crippen LogP contribution < -0.4 is 16.0 Å². The summed E-state index contributed by atoms with van der Waals surface area (Å²) in [6.07, 6.45) is 4.91. The molecule has 1 unspecified atom stereocenters. The number of nitrogens with one attached hydrogen (secondary N) is 3. The fraction of sp³-hybridized carbons (Fsp3) is 0.852. The predicted molar refractivity (Wildman–Crippen MR) is 140 cm³/mol. The number of aliphatic hydroxyl groups excluding tert-OH is 1. The van der Waals surface area contributed by atoms with E-state index >= 15 is 0 Å². The number of carbonyl (C=O) groups excluding carboxylic acids is 4. The summed E-state index contributed by atoms with van der Waals surface area (Å²) in [7, 11) is 0. The van der Waals surface area contributed by atoms with E-state index in [0.29, 0.717) is 32.4 Å². The number of alkyl carbamates (subject to hydrolysis) is 1. The average molecular weight is 539 g/mol. The van der Waals surface area contributed by atoms with Crippen molar-refractivity contribution >= 4 is 23.8 Å². The smallest absolute Gasteiger partial charge is 0.408 e. The van der Waals surface area contributed by atoms with Gasteiger partial charge in [-0.1, -0.05) is 25.7 Å². The second-order valence-corrected chi connectivity index (χ2v) is 11.8. The Kier molecular flexibility index (Phi) is 10.8. The van der Waals surface area contributed by atoms with Crippen molar-refractivity contribution in [2.45, 2.75) is 134 Å². The molecule has 216 valence electrons. The third kappa shape index (κ3) is 9.11. The molecule has 38 heavy (non-hydrogen) atoms. The number of hydrogen-bond acceptors (Lipinski definition) is 7. The number of hydrogen-bond donors (Lipinski definition) is 4. The number of aliphatic hydroxyl groups is 1. The summed E-state index contributed by atoms with van der Waals surface area (Å²) >= 11 is 0. The van der Waals surface area contributed by atoms with Gasteiger partial charge < -0.3 is 35.4 Å². The highest BCUT2D eigenvalue weighted by Gasteiger charge is 2.42. The molecule has 1 aliphatic carbocycles. The lowest BCUT2D eigenvalue weighted by Gasteiger charge is -2.33. The van der Waals surface area contributed by atoms with Crippen LogP contribution in [-0.4, -0.2) is 88.9 Å². The molecule has 3 rings (SSSR count). The van der Waals surface area contributed by atoms with Gasteiger partial charge in [-0.15, -0.1) is 0 Å². The van der Waals surface area contributed by atoms with Gasteiger partial charge >= 0.3 is 6.09 Å². The first-order valence-electron chi connectivity index (χ1n) is 14.2. The van der Waals surface area contributed by atoms with Crippen molar-refractivity contribution < 1.29 is 33.8 Å². The van der Waals surface area contributed by atoms with Crippen LogP contribution in [0.5, 0.6) is 0 Å². The van der Waals surface area contributed by atoms with Gasteiger partial charge in [0.2, 0.25) is 11.8 Å². The Morgan fingerprint density at radius 2 is 1.71 bits per heavy atom. The summed E-state index contributed by atoms with van der Waals surface area (Å²) in [4.78, 5) is 53.8. The van der Waals surface area contributed by atoms with Crippen LogP contribution in [0.15, 0.2) is 0 Å². The van der Waals surface area contributed by atoms with Gasteiger partial charge in [-0.3, -0.25) is 14.4 Å². The van der Waals surface area contributed by atoms with Crippen molar-refractivity contribution in [3.63, 3.8) is 0 Å². The van der Waals surface area contributed by atoms with Crippen molar-refractivity contribution in [3.8, 4) is 0 Å². The Bertz CT molecular complexity index is 842. The summed E-state index contributed by atoms with van der Waals surface area (Å²) in [5, 5.41) is 19.2. The van der Waals surface area contributed by atoms with Gasteiger partial charge in [0, 0.05) is 19.2 Å². The molecule has 4 amide bonds. The fourth-order valence-electron chi connectivity index (χ4n) is 4.94. The lowest BCUT2D eigenvalue weighted by Crippen LogP contribution is -2.59. The minimum atomic E-state index is -1.36. The Labute approximate surface area is 225 Å². The number of amides is 4. The monoisotopic (exact) mass is 538 g/mol. The predicted octanol–water partition coefficient (Wildman–Crippen LogP) is 1.75. The van der Waals surface area contributed by atoms with Crippen molar-refractivity contribution in [1.29, 1.82) is 0 Å². The first-order chi connectivity index (χ1) is 18.0. The molecule has 2 aliphatic heterocycles.